The molecule has 0 bridgehead atoms. The van der Waals surface area contributed by atoms with Gasteiger partial charge in [0, 0.05) is 19.5 Å². The van der Waals surface area contributed by atoms with Crippen LogP contribution in [0.4, 0.5) is 5.82 Å². The number of aromatic nitrogens is 2. The number of aliphatic hydroxyl groups excluding tert-OH is 6. The number of nitrogens with zero attached hydrogens (tertiary/aromatic N) is 2. The molecule has 0 aromatic carbocycles. The van der Waals surface area contributed by atoms with Crippen LogP contribution >= 0.6 is 0 Å². The summed E-state index contributed by atoms with van der Waals surface area (Å²) in [6, 6.07) is -0.178. The number of nitrogen functional groups attached to an aromatic ring is 1. The third-order valence-corrected chi connectivity index (χ3v) is 6.12. The number of carboxylic acids is 1. The summed E-state index contributed by atoms with van der Waals surface area (Å²) >= 11 is 0. The Morgan fingerprint density at radius 2 is 2.03 bits per heavy atom. The van der Waals surface area contributed by atoms with Gasteiger partial charge in [-0.1, -0.05) is 0 Å². The van der Waals surface area contributed by atoms with Crippen LogP contribution in [-0.2, 0) is 23.8 Å². The molecule has 2 saturated heterocycles. The van der Waals surface area contributed by atoms with Gasteiger partial charge in [0.25, 0.3) is 0 Å². The topological polar surface area (TPSA) is 279 Å². The molecule has 10 atom stereocenters. The summed E-state index contributed by atoms with van der Waals surface area (Å²) in [5, 5.41) is 75.2. The highest BCUT2D eigenvalue weighted by Crippen LogP contribution is 2.35. The molecule has 0 unspecified atom stereocenters. The average Bonchev–Trinajstić information content (AvgIpc) is 3.11. The maximum Gasteiger partial charge on any atom is 0.351 e. The quantitative estimate of drug-likeness (QED) is 0.146. The van der Waals surface area contributed by atoms with Gasteiger partial charge in [-0.15, -0.1) is 0 Å². The number of anilines is 1. The summed E-state index contributed by atoms with van der Waals surface area (Å²) < 4.78 is 17.1. The molecule has 2 aliphatic rings. The molecule has 0 radical (unpaired) electrons. The first kappa shape index (κ1) is 28.8. The number of hydrogen-bond acceptors (Lipinski definition) is 15. The van der Waals surface area contributed by atoms with Crippen LogP contribution in [0.5, 0.6) is 0 Å². The molecule has 3 rings (SSSR count). The third-order valence-electron chi connectivity index (χ3n) is 6.12. The number of amides is 1. The van der Waals surface area contributed by atoms with Gasteiger partial charge in [-0.25, -0.2) is 4.79 Å². The minimum atomic E-state index is -2.79. The summed E-state index contributed by atoms with van der Waals surface area (Å²) in [5.74, 6) is -5.59. The number of nitrogens with two attached hydrogens (primary N) is 1. The van der Waals surface area contributed by atoms with E-state index in [-0.39, 0.29) is 5.82 Å². The highest BCUT2D eigenvalue weighted by molar-refractivity contribution is 5.75. The van der Waals surface area contributed by atoms with Crippen molar-refractivity contribution in [3.8, 4) is 0 Å². The van der Waals surface area contributed by atoms with Gasteiger partial charge in [0.1, 0.15) is 48.4 Å². The molecule has 0 saturated carbocycles. The predicted octanol–water partition coefficient (Wildman–Crippen LogP) is -6.72. The molecular weight excluding hydrogens is 504 g/mol. The Kier molecular flexibility index (Phi) is 8.83. The van der Waals surface area contributed by atoms with E-state index in [1.165, 1.54) is 12.3 Å². The second kappa shape index (κ2) is 11.3. The smallest absolute Gasteiger partial charge is 0.351 e. The van der Waals surface area contributed by atoms with Crippen LogP contribution in [0.25, 0.3) is 0 Å². The zero-order valence-electron chi connectivity index (χ0n) is 19.5. The van der Waals surface area contributed by atoms with E-state index in [2.05, 4.69) is 10.3 Å². The van der Waals surface area contributed by atoms with E-state index in [4.69, 9.17) is 19.9 Å². The minimum absolute atomic E-state index is 0.0984. The average molecular weight is 533 g/mol. The summed E-state index contributed by atoms with van der Waals surface area (Å²) in [6.07, 6.45) is -13.3. The van der Waals surface area contributed by atoms with Crippen molar-refractivity contribution in [1.29, 1.82) is 0 Å². The zero-order valence-corrected chi connectivity index (χ0v) is 19.5. The number of carbonyl (C=O) groups is 2. The molecule has 17 nitrogen and oxygen atoms in total. The van der Waals surface area contributed by atoms with E-state index in [1.54, 1.807) is 0 Å². The maximum absolute atomic E-state index is 12.1. The minimum Gasteiger partial charge on any atom is -0.544 e. The van der Waals surface area contributed by atoms with Crippen molar-refractivity contribution in [2.24, 2.45) is 0 Å². The first-order chi connectivity index (χ1) is 17.3. The van der Waals surface area contributed by atoms with Crippen LogP contribution in [-0.4, -0.2) is 120 Å². The summed E-state index contributed by atoms with van der Waals surface area (Å²) in [5.41, 5.74) is 4.54. The molecule has 0 spiro atoms. The Morgan fingerprint density at radius 1 is 1.35 bits per heavy atom. The van der Waals surface area contributed by atoms with E-state index >= 15 is 0 Å². The normalized spacial score (nSPS) is 35.6. The second-order valence-corrected chi connectivity index (χ2v) is 8.76. The van der Waals surface area contributed by atoms with Gasteiger partial charge in [-0.3, -0.25) is 9.36 Å². The summed E-state index contributed by atoms with van der Waals surface area (Å²) in [6.45, 7) is -0.676. The van der Waals surface area contributed by atoms with Gasteiger partial charge in [-0.05, 0) is 6.07 Å². The van der Waals surface area contributed by atoms with Crippen LogP contribution in [0.2, 0.25) is 0 Å². The van der Waals surface area contributed by atoms with E-state index in [0.29, 0.717) is 0 Å². The fourth-order valence-electron chi connectivity index (χ4n) is 4.20. The van der Waals surface area contributed by atoms with E-state index < -0.39 is 98.0 Å². The molecule has 37 heavy (non-hydrogen) atoms. The van der Waals surface area contributed by atoms with E-state index in [0.717, 1.165) is 11.5 Å². The van der Waals surface area contributed by atoms with Crippen LogP contribution < -0.4 is 21.8 Å². The second-order valence-electron chi connectivity index (χ2n) is 8.76. The van der Waals surface area contributed by atoms with Gasteiger partial charge in [0.15, 0.2) is 6.23 Å². The monoisotopic (exact) mass is 533 g/mol. The van der Waals surface area contributed by atoms with Crippen LogP contribution in [0.15, 0.2) is 17.1 Å². The Labute approximate surface area is 208 Å². The van der Waals surface area contributed by atoms with Crippen molar-refractivity contribution in [2.75, 3.05) is 18.9 Å². The van der Waals surface area contributed by atoms with Crippen molar-refractivity contribution in [1.82, 2.24) is 14.9 Å². The van der Waals surface area contributed by atoms with Crippen molar-refractivity contribution in [3.05, 3.63) is 22.7 Å². The van der Waals surface area contributed by atoms with Gasteiger partial charge in [0.2, 0.25) is 11.7 Å². The third kappa shape index (κ3) is 5.89. The lowest BCUT2D eigenvalue weighted by atomic mass is 9.88. The number of hydrogen-bond donors (Lipinski definition) is 8. The Morgan fingerprint density at radius 3 is 2.59 bits per heavy atom. The standard InChI is InChI=1S/C20H30N4O13/c1-7(26)22-12-8(27)4-20(18(32)33,37-16(12)13(29)9(28)5-25)35-6-10-14(30)15(31)17(36-10)24-3-2-11(21)23-19(24)34/h2-3,8-10,12-17,25,27-31H,4-6H2,1H3,(H,22,26)(H,32,33)(H2,21,23,34)/p-1/t8-,9+,10+,12+,13+,14+,15+,16+,17+,20+/m0/s1. The molecule has 2 fully saturated rings. The molecule has 1 aromatic rings. The molecule has 3 heterocycles. The largest absolute Gasteiger partial charge is 0.544 e. The lowest BCUT2D eigenvalue weighted by Crippen LogP contribution is -2.69. The van der Waals surface area contributed by atoms with Crippen LogP contribution in [0.1, 0.15) is 19.6 Å². The maximum atomic E-state index is 12.1. The van der Waals surface area contributed by atoms with E-state index in [9.17, 15) is 50.1 Å². The molecule has 9 N–H and O–H groups in total. The molecule has 17 heteroatoms. The molecule has 1 aromatic heterocycles. The first-order valence-electron chi connectivity index (χ1n) is 11.1. The molecule has 208 valence electrons. The Hall–Kier alpha value is -2.74. The number of carboxylic acid groups (broad SMARTS) is 1. The van der Waals surface area contributed by atoms with Crippen LogP contribution in [0, 0.1) is 0 Å². The molecular formula is C20H29N4O13-. The summed E-state index contributed by atoms with van der Waals surface area (Å²) in [7, 11) is 0. The number of aliphatic hydroxyl groups is 6. The zero-order chi connectivity index (χ0) is 27.7. The number of carbonyl (C=O) groups excluding carboxylic acids is 2. The van der Waals surface area contributed by atoms with Gasteiger partial charge in [-0.2, -0.15) is 4.98 Å². The first-order valence-corrected chi connectivity index (χ1v) is 11.1. The van der Waals surface area contributed by atoms with Gasteiger partial charge >= 0.3 is 5.69 Å². The van der Waals surface area contributed by atoms with Crippen molar-refractivity contribution in [3.63, 3.8) is 0 Å². The summed E-state index contributed by atoms with van der Waals surface area (Å²) in [4.78, 5) is 39.3. The predicted molar refractivity (Wildman–Crippen MR) is 115 cm³/mol. The molecule has 0 aliphatic carbocycles. The van der Waals surface area contributed by atoms with Crippen molar-refractivity contribution < 1.29 is 59.5 Å². The number of aliphatic carboxylic acids is 1. The number of ether oxygens (including phenoxy) is 3. The van der Waals surface area contributed by atoms with Gasteiger partial charge < -0.3 is 65.8 Å². The lowest BCUT2D eigenvalue weighted by Gasteiger charge is -2.49. The number of rotatable bonds is 9. The highest BCUT2D eigenvalue weighted by atomic mass is 16.7. The van der Waals surface area contributed by atoms with Crippen molar-refractivity contribution >= 4 is 17.7 Å². The van der Waals surface area contributed by atoms with Crippen molar-refractivity contribution in [2.45, 2.75) is 74.1 Å². The van der Waals surface area contributed by atoms with E-state index in [1.807, 2.05) is 0 Å². The highest BCUT2D eigenvalue weighted by Gasteiger charge is 2.53. The Balaban J connectivity index is 1.82. The van der Waals surface area contributed by atoms with Gasteiger partial charge in [0.05, 0.1) is 25.4 Å². The van der Waals surface area contributed by atoms with Crippen LogP contribution in [0.3, 0.4) is 0 Å². The number of nitrogens with one attached hydrogen (secondary N) is 1. The molecule has 1 amide bonds. The SMILES string of the molecule is CC(=O)N[C@H]1[C@H]([C@H](O)[C@H](O)CO)O[C@@](OC[C@H]2O[C@@H](n3ccc(N)nc3=O)[C@H](O)[C@@H]2O)(C(=O)[O-])C[C@@H]1O. The fraction of sp³-hybridized carbons (Fsp3) is 0.700. The molecule has 2 aliphatic heterocycles. The fourth-order valence-corrected chi connectivity index (χ4v) is 4.20. The Bertz CT molecular complexity index is 1040. The lowest BCUT2D eigenvalue weighted by molar-refractivity contribution is -0.384.